The fraction of sp³-hybridized carbons (Fsp3) is 0.769. The zero-order valence-electron chi connectivity index (χ0n) is 10.7. The molecule has 1 amide bonds. The highest BCUT2D eigenvalue weighted by Crippen LogP contribution is 2.39. The van der Waals surface area contributed by atoms with E-state index in [0.29, 0.717) is 18.5 Å². The zero-order valence-corrected chi connectivity index (χ0v) is 10.7. The molecule has 0 radical (unpaired) electrons. The first-order valence-electron chi connectivity index (χ1n) is 7.00. The summed E-state index contributed by atoms with van der Waals surface area (Å²) in [7, 11) is 0. The van der Waals surface area contributed by atoms with Crippen molar-refractivity contribution in [1.29, 1.82) is 0 Å². The second kappa shape index (κ2) is 3.56. The van der Waals surface area contributed by atoms with E-state index in [4.69, 9.17) is 0 Å². The second-order valence-corrected chi connectivity index (χ2v) is 5.85. The van der Waals surface area contributed by atoms with E-state index in [9.17, 15) is 4.79 Å². The van der Waals surface area contributed by atoms with E-state index in [1.54, 1.807) is 0 Å². The Morgan fingerprint density at radius 2 is 1.94 bits per heavy atom. The maximum absolute atomic E-state index is 12.4. The lowest BCUT2D eigenvalue weighted by Gasteiger charge is -2.34. The Morgan fingerprint density at radius 3 is 2.56 bits per heavy atom. The third kappa shape index (κ3) is 1.36. The standard InChI is InChI=1S/C13H18N4O/c1-8-13(18)16(10-5-6-10)7-11-14-15-12(17(8)11)9-3-2-4-9/h8-10H,2-7H2,1H3. The van der Waals surface area contributed by atoms with Crippen LogP contribution in [0.1, 0.15) is 62.6 Å². The van der Waals surface area contributed by atoms with Gasteiger partial charge in [0.15, 0.2) is 5.82 Å². The molecule has 1 aliphatic heterocycles. The molecule has 96 valence electrons. The second-order valence-electron chi connectivity index (χ2n) is 5.85. The smallest absolute Gasteiger partial charge is 0.246 e. The average molecular weight is 246 g/mol. The summed E-state index contributed by atoms with van der Waals surface area (Å²) in [5.74, 6) is 2.82. The van der Waals surface area contributed by atoms with Gasteiger partial charge in [0.1, 0.15) is 11.9 Å². The highest BCUT2D eigenvalue weighted by molar-refractivity contribution is 5.81. The first-order valence-corrected chi connectivity index (χ1v) is 7.00. The van der Waals surface area contributed by atoms with E-state index < -0.39 is 0 Å². The fourth-order valence-electron chi connectivity index (χ4n) is 3.09. The zero-order chi connectivity index (χ0) is 12.3. The van der Waals surface area contributed by atoms with Crippen LogP contribution in [0.25, 0.3) is 0 Å². The summed E-state index contributed by atoms with van der Waals surface area (Å²) < 4.78 is 2.10. The van der Waals surface area contributed by atoms with Crippen molar-refractivity contribution >= 4 is 5.91 Å². The van der Waals surface area contributed by atoms with Gasteiger partial charge in [-0.3, -0.25) is 4.79 Å². The predicted molar refractivity (Wildman–Crippen MR) is 64.9 cm³/mol. The Morgan fingerprint density at radius 1 is 1.17 bits per heavy atom. The summed E-state index contributed by atoms with van der Waals surface area (Å²) in [5, 5.41) is 8.68. The SMILES string of the molecule is CC1C(=O)N(C2CC2)Cc2nnc(C3CCC3)n21. The van der Waals surface area contributed by atoms with Crippen LogP contribution in [-0.4, -0.2) is 31.6 Å². The number of carbonyl (C=O) groups excluding carboxylic acids is 1. The van der Waals surface area contributed by atoms with Gasteiger partial charge in [0.2, 0.25) is 5.91 Å². The van der Waals surface area contributed by atoms with Crippen LogP contribution in [0.2, 0.25) is 0 Å². The molecule has 4 rings (SSSR count). The van der Waals surface area contributed by atoms with Crippen LogP contribution in [0.15, 0.2) is 0 Å². The van der Waals surface area contributed by atoms with E-state index in [1.165, 1.54) is 19.3 Å². The number of rotatable bonds is 2. The third-order valence-electron chi connectivity index (χ3n) is 4.59. The van der Waals surface area contributed by atoms with Crippen LogP contribution in [0.5, 0.6) is 0 Å². The monoisotopic (exact) mass is 246 g/mol. The number of nitrogens with zero attached hydrogens (tertiary/aromatic N) is 4. The van der Waals surface area contributed by atoms with Gasteiger partial charge in [-0.05, 0) is 32.6 Å². The van der Waals surface area contributed by atoms with Crippen molar-refractivity contribution < 1.29 is 4.79 Å². The van der Waals surface area contributed by atoms with Crippen LogP contribution in [0, 0.1) is 0 Å². The van der Waals surface area contributed by atoms with Gasteiger partial charge in [-0.2, -0.15) is 0 Å². The van der Waals surface area contributed by atoms with E-state index in [-0.39, 0.29) is 11.9 Å². The molecule has 0 aromatic carbocycles. The summed E-state index contributed by atoms with van der Waals surface area (Å²) in [6, 6.07) is 0.359. The van der Waals surface area contributed by atoms with Crippen LogP contribution < -0.4 is 0 Å². The van der Waals surface area contributed by atoms with Crippen LogP contribution >= 0.6 is 0 Å². The van der Waals surface area contributed by atoms with Crippen LogP contribution in [-0.2, 0) is 11.3 Å². The normalized spacial score (nSPS) is 28.2. The van der Waals surface area contributed by atoms with Gasteiger partial charge in [-0.25, -0.2) is 0 Å². The first-order chi connectivity index (χ1) is 8.75. The van der Waals surface area contributed by atoms with Crippen molar-refractivity contribution in [3.63, 3.8) is 0 Å². The molecule has 1 unspecified atom stereocenters. The van der Waals surface area contributed by atoms with Gasteiger partial charge in [0.05, 0.1) is 6.54 Å². The number of amides is 1. The Labute approximate surface area is 106 Å². The van der Waals surface area contributed by atoms with Gasteiger partial charge in [-0.15, -0.1) is 10.2 Å². The Hall–Kier alpha value is -1.39. The summed E-state index contributed by atoms with van der Waals surface area (Å²) in [5.41, 5.74) is 0. The molecule has 1 aromatic rings. The molecule has 0 bridgehead atoms. The summed E-state index contributed by atoms with van der Waals surface area (Å²) in [6.45, 7) is 2.65. The molecule has 0 saturated heterocycles. The van der Waals surface area contributed by atoms with Crippen molar-refractivity contribution in [2.75, 3.05) is 0 Å². The van der Waals surface area contributed by atoms with Crippen molar-refractivity contribution in [2.24, 2.45) is 0 Å². The summed E-state index contributed by atoms with van der Waals surface area (Å²) in [4.78, 5) is 14.4. The van der Waals surface area contributed by atoms with E-state index >= 15 is 0 Å². The van der Waals surface area contributed by atoms with Gasteiger partial charge >= 0.3 is 0 Å². The topological polar surface area (TPSA) is 51.0 Å². The Bertz CT molecular complexity index is 501. The molecule has 18 heavy (non-hydrogen) atoms. The van der Waals surface area contributed by atoms with Crippen molar-refractivity contribution in [3.8, 4) is 0 Å². The largest absolute Gasteiger partial charge is 0.330 e. The average Bonchev–Trinajstić information content (AvgIpc) is 3.04. The Kier molecular flexibility index (Phi) is 2.08. The minimum absolute atomic E-state index is 0.111. The molecule has 2 saturated carbocycles. The van der Waals surface area contributed by atoms with Gasteiger partial charge in [0.25, 0.3) is 0 Å². The Balaban J connectivity index is 1.71. The number of hydrogen-bond acceptors (Lipinski definition) is 3. The molecule has 3 aliphatic rings. The number of hydrogen-bond donors (Lipinski definition) is 0. The van der Waals surface area contributed by atoms with E-state index in [1.807, 2.05) is 11.8 Å². The lowest BCUT2D eigenvalue weighted by molar-refractivity contribution is -0.137. The molecule has 2 aliphatic carbocycles. The predicted octanol–water partition coefficient (Wildman–Crippen LogP) is 1.61. The molecular weight excluding hydrogens is 228 g/mol. The fourth-order valence-corrected chi connectivity index (χ4v) is 3.09. The maximum atomic E-state index is 12.4. The van der Waals surface area contributed by atoms with Gasteiger partial charge < -0.3 is 9.47 Å². The van der Waals surface area contributed by atoms with Crippen molar-refractivity contribution in [2.45, 2.75) is 63.6 Å². The number of carbonyl (C=O) groups is 1. The van der Waals surface area contributed by atoms with Crippen LogP contribution in [0.4, 0.5) is 0 Å². The number of aromatic nitrogens is 3. The lowest BCUT2D eigenvalue weighted by atomic mass is 9.84. The third-order valence-corrected chi connectivity index (χ3v) is 4.59. The summed E-state index contributed by atoms with van der Waals surface area (Å²) in [6.07, 6.45) is 5.99. The summed E-state index contributed by atoms with van der Waals surface area (Å²) >= 11 is 0. The molecule has 1 atom stereocenters. The molecule has 1 aromatic heterocycles. The first kappa shape index (κ1) is 10.5. The maximum Gasteiger partial charge on any atom is 0.246 e. The molecule has 0 N–H and O–H groups in total. The van der Waals surface area contributed by atoms with Gasteiger partial charge in [0, 0.05) is 12.0 Å². The minimum atomic E-state index is -0.111. The molecule has 2 heterocycles. The lowest BCUT2D eigenvalue weighted by Crippen LogP contribution is -2.43. The molecule has 5 nitrogen and oxygen atoms in total. The highest BCUT2D eigenvalue weighted by Gasteiger charge is 2.41. The quantitative estimate of drug-likeness (QED) is 0.796. The van der Waals surface area contributed by atoms with Crippen molar-refractivity contribution in [3.05, 3.63) is 11.6 Å². The number of fused-ring (bicyclic) bond motifs is 1. The van der Waals surface area contributed by atoms with E-state index in [2.05, 4.69) is 14.8 Å². The van der Waals surface area contributed by atoms with E-state index in [0.717, 1.165) is 24.5 Å². The highest BCUT2D eigenvalue weighted by atomic mass is 16.2. The molecular formula is C13H18N4O. The van der Waals surface area contributed by atoms with Crippen LogP contribution in [0.3, 0.4) is 0 Å². The molecule has 5 heteroatoms. The molecule has 2 fully saturated rings. The minimum Gasteiger partial charge on any atom is -0.330 e. The van der Waals surface area contributed by atoms with Crippen molar-refractivity contribution in [1.82, 2.24) is 19.7 Å². The molecule has 0 spiro atoms. The van der Waals surface area contributed by atoms with Gasteiger partial charge in [-0.1, -0.05) is 6.42 Å².